The molecule has 0 bridgehead atoms. The van der Waals surface area contributed by atoms with Crippen LogP contribution < -0.4 is 0 Å². The van der Waals surface area contributed by atoms with E-state index in [4.69, 9.17) is 4.74 Å². The fourth-order valence-corrected chi connectivity index (χ4v) is 10.1. The van der Waals surface area contributed by atoms with Gasteiger partial charge >= 0.3 is 5.97 Å². The fourth-order valence-electron chi connectivity index (χ4n) is 10.1. The maximum Gasteiger partial charge on any atom is 0.302 e. The minimum Gasteiger partial charge on any atom is -0.462 e. The van der Waals surface area contributed by atoms with Gasteiger partial charge in [-0.2, -0.15) is 0 Å². The number of ketones is 2. The van der Waals surface area contributed by atoms with Crippen LogP contribution in [0.2, 0.25) is 0 Å². The Morgan fingerprint density at radius 1 is 0.969 bits per heavy atom. The summed E-state index contributed by atoms with van der Waals surface area (Å²) in [5.41, 5.74) is -2.15. The molecule has 9 atom stereocenters. The summed E-state index contributed by atoms with van der Waals surface area (Å²) in [6.45, 7) is 7.70. The first-order valence-corrected chi connectivity index (χ1v) is 12.9. The molecule has 0 amide bonds. The number of Topliss-reactive ketones (excluding diaryl/α,β-unsaturated/α-hetero) is 2. The smallest absolute Gasteiger partial charge is 0.302 e. The molecule has 5 rings (SSSR count). The third-order valence-electron chi connectivity index (χ3n) is 11.6. The van der Waals surface area contributed by atoms with E-state index in [2.05, 4.69) is 13.8 Å². The van der Waals surface area contributed by atoms with Crippen LogP contribution in [0.1, 0.15) is 98.3 Å². The molecular formula is C27H40O5. The molecule has 178 valence electrons. The molecule has 0 aromatic carbocycles. The van der Waals surface area contributed by atoms with Crippen molar-refractivity contribution < 1.29 is 24.2 Å². The van der Waals surface area contributed by atoms with E-state index in [0.717, 1.165) is 38.5 Å². The van der Waals surface area contributed by atoms with Crippen molar-refractivity contribution in [3.05, 3.63) is 0 Å². The quantitative estimate of drug-likeness (QED) is 0.628. The van der Waals surface area contributed by atoms with Gasteiger partial charge < -0.3 is 9.84 Å². The number of aliphatic hydroxyl groups is 1. The first-order chi connectivity index (χ1) is 15.0. The first-order valence-electron chi connectivity index (χ1n) is 12.9. The Bertz CT molecular complexity index is 851. The standard InChI is InChI=1S/C27H40O5/c1-16(28)26-10-6-5-7-18(26)13-22-20-14-23(30)27(31)15-19(32-17(2)29)8-11-25(27,4)21(20)9-12-24(22,26)3/h18-22,31H,5-15H2,1-4H3/t18-,19+,20+,21-,22+,24+,25-,26+,27+/m1/s1. The van der Waals surface area contributed by atoms with Crippen molar-refractivity contribution in [2.24, 2.45) is 39.9 Å². The topological polar surface area (TPSA) is 80.7 Å². The highest BCUT2D eigenvalue weighted by Gasteiger charge is 2.72. The van der Waals surface area contributed by atoms with Gasteiger partial charge in [0.25, 0.3) is 0 Å². The van der Waals surface area contributed by atoms with E-state index in [9.17, 15) is 19.5 Å². The lowest BCUT2D eigenvalue weighted by molar-refractivity contribution is -0.219. The summed E-state index contributed by atoms with van der Waals surface area (Å²) >= 11 is 0. The molecule has 5 heteroatoms. The van der Waals surface area contributed by atoms with Crippen molar-refractivity contribution in [3.63, 3.8) is 0 Å². The van der Waals surface area contributed by atoms with Crippen LogP contribution in [0.5, 0.6) is 0 Å². The highest BCUT2D eigenvalue weighted by atomic mass is 16.5. The van der Waals surface area contributed by atoms with E-state index in [1.54, 1.807) is 0 Å². The Morgan fingerprint density at radius 2 is 1.69 bits per heavy atom. The van der Waals surface area contributed by atoms with Gasteiger partial charge in [-0.15, -0.1) is 0 Å². The van der Waals surface area contributed by atoms with Gasteiger partial charge in [0.15, 0.2) is 5.78 Å². The number of rotatable bonds is 2. The summed E-state index contributed by atoms with van der Waals surface area (Å²) in [5.74, 6) is 1.33. The van der Waals surface area contributed by atoms with Gasteiger partial charge in [0.2, 0.25) is 0 Å². The van der Waals surface area contributed by atoms with Crippen molar-refractivity contribution in [1.29, 1.82) is 0 Å². The number of carbonyl (C=O) groups excluding carboxylic acids is 3. The Hall–Kier alpha value is -1.23. The second-order valence-electron chi connectivity index (χ2n) is 12.4. The number of ether oxygens (including phenoxy) is 1. The van der Waals surface area contributed by atoms with E-state index >= 15 is 0 Å². The van der Waals surface area contributed by atoms with E-state index in [1.807, 2.05) is 6.92 Å². The molecule has 5 aliphatic carbocycles. The van der Waals surface area contributed by atoms with Gasteiger partial charge in [0.1, 0.15) is 17.5 Å². The normalized spacial score (nSPS) is 52.3. The molecular weight excluding hydrogens is 404 g/mol. The summed E-state index contributed by atoms with van der Waals surface area (Å²) in [5, 5.41) is 11.8. The summed E-state index contributed by atoms with van der Waals surface area (Å²) in [6.07, 6.45) is 9.23. The average Bonchev–Trinajstić information content (AvgIpc) is 3.00. The van der Waals surface area contributed by atoms with Crippen LogP contribution >= 0.6 is 0 Å². The fraction of sp³-hybridized carbons (Fsp3) is 0.889. The van der Waals surface area contributed by atoms with Crippen LogP contribution in [0.25, 0.3) is 0 Å². The maximum absolute atomic E-state index is 13.6. The number of fused-ring (bicyclic) bond motifs is 7. The van der Waals surface area contributed by atoms with Crippen LogP contribution in [0.15, 0.2) is 0 Å². The van der Waals surface area contributed by atoms with Crippen LogP contribution in [-0.2, 0) is 19.1 Å². The Kier molecular flexibility index (Phi) is 5.03. The van der Waals surface area contributed by atoms with E-state index in [-0.39, 0.29) is 46.9 Å². The van der Waals surface area contributed by atoms with Crippen molar-refractivity contribution in [2.75, 3.05) is 0 Å². The van der Waals surface area contributed by atoms with Gasteiger partial charge in [-0.25, -0.2) is 0 Å². The molecule has 0 radical (unpaired) electrons. The number of hydrogen-bond acceptors (Lipinski definition) is 5. The van der Waals surface area contributed by atoms with Gasteiger partial charge in [-0.05, 0) is 81.0 Å². The Labute approximate surface area is 192 Å². The largest absolute Gasteiger partial charge is 0.462 e. The lowest BCUT2D eigenvalue weighted by atomic mass is 9.41. The third kappa shape index (κ3) is 2.63. The van der Waals surface area contributed by atoms with Crippen molar-refractivity contribution in [3.8, 4) is 0 Å². The zero-order chi connectivity index (χ0) is 23.1. The highest BCUT2D eigenvalue weighted by Crippen LogP contribution is 2.74. The molecule has 0 heterocycles. The second-order valence-corrected chi connectivity index (χ2v) is 12.4. The lowest BCUT2D eigenvalue weighted by Gasteiger charge is -2.64. The molecule has 0 spiro atoms. The third-order valence-corrected chi connectivity index (χ3v) is 11.6. The van der Waals surface area contributed by atoms with Crippen LogP contribution in [-0.4, -0.2) is 34.3 Å². The summed E-state index contributed by atoms with van der Waals surface area (Å²) in [7, 11) is 0. The molecule has 5 aliphatic rings. The van der Waals surface area contributed by atoms with Gasteiger partial charge in [0, 0.05) is 30.6 Å². The number of carbonyl (C=O) groups is 3. The maximum atomic E-state index is 13.6. The summed E-state index contributed by atoms with van der Waals surface area (Å²) < 4.78 is 5.44. The average molecular weight is 445 g/mol. The molecule has 0 unspecified atom stereocenters. The molecule has 5 saturated carbocycles. The predicted molar refractivity (Wildman–Crippen MR) is 120 cm³/mol. The first kappa shape index (κ1) is 22.6. The lowest BCUT2D eigenvalue weighted by Crippen LogP contribution is -2.67. The Balaban J connectivity index is 1.50. The molecule has 0 aromatic rings. The minimum atomic E-state index is -1.41. The number of esters is 1. The Morgan fingerprint density at radius 3 is 2.38 bits per heavy atom. The molecule has 5 fully saturated rings. The summed E-state index contributed by atoms with van der Waals surface area (Å²) in [6, 6.07) is 0. The molecule has 0 aromatic heterocycles. The van der Waals surface area contributed by atoms with E-state index in [1.165, 1.54) is 13.3 Å². The highest BCUT2D eigenvalue weighted by molar-refractivity contribution is 5.90. The van der Waals surface area contributed by atoms with E-state index in [0.29, 0.717) is 36.9 Å². The minimum absolute atomic E-state index is 0.0356. The predicted octanol–water partition coefficient (Wildman–Crippen LogP) is 4.63. The van der Waals surface area contributed by atoms with Crippen LogP contribution in [0, 0.1) is 39.9 Å². The van der Waals surface area contributed by atoms with Gasteiger partial charge in [-0.3, -0.25) is 14.4 Å². The molecule has 0 saturated heterocycles. The van der Waals surface area contributed by atoms with Crippen molar-refractivity contribution in [1.82, 2.24) is 0 Å². The monoisotopic (exact) mass is 444 g/mol. The van der Waals surface area contributed by atoms with Crippen molar-refractivity contribution >= 4 is 17.5 Å². The molecule has 0 aliphatic heterocycles. The molecule has 32 heavy (non-hydrogen) atoms. The van der Waals surface area contributed by atoms with Crippen LogP contribution in [0.3, 0.4) is 0 Å². The summed E-state index contributed by atoms with van der Waals surface area (Å²) in [4.78, 5) is 38.3. The number of hydrogen-bond donors (Lipinski definition) is 1. The SMILES string of the molecule is CC(=O)O[C@H]1CC[C@]2(C)[C@@H]3CC[C@@]4(C)[C@@H](C[C@H]5CCCC[C@]54C(C)=O)[C@H]3CC(=O)[C@@]2(O)C1. The van der Waals surface area contributed by atoms with E-state index < -0.39 is 11.0 Å². The zero-order valence-electron chi connectivity index (χ0n) is 20.2. The molecule has 5 nitrogen and oxygen atoms in total. The van der Waals surface area contributed by atoms with Crippen LogP contribution in [0.4, 0.5) is 0 Å². The van der Waals surface area contributed by atoms with Gasteiger partial charge in [-0.1, -0.05) is 26.7 Å². The molecule has 1 N–H and O–H groups in total. The second kappa shape index (κ2) is 7.13. The van der Waals surface area contributed by atoms with Gasteiger partial charge in [0.05, 0.1) is 0 Å². The van der Waals surface area contributed by atoms with Crippen molar-refractivity contribution in [2.45, 2.75) is 110 Å². The zero-order valence-corrected chi connectivity index (χ0v) is 20.2.